The van der Waals surface area contributed by atoms with Gasteiger partial charge in [-0.1, -0.05) is 17.7 Å². The van der Waals surface area contributed by atoms with Crippen LogP contribution in [0.2, 0.25) is 5.02 Å². The number of nitro groups is 1. The summed E-state index contributed by atoms with van der Waals surface area (Å²) in [4.78, 5) is 10.2. The zero-order valence-corrected chi connectivity index (χ0v) is 11.8. The zero-order valence-electron chi connectivity index (χ0n) is 11.1. The number of nitro benzene ring substituents is 1. The predicted octanol–water partition coefficient (Wildman–Crippen LogP) is 3.33. The van der Waals surface area contributed by atoms with E-state index in [2.05, 4.69) is 5.32 Å². The van der Waals surface area contributed by atoms with Crippen LogP contribution in [-0.4, -0.2) is 18.1 Å². The number of hydrogen-bond acceptors (Lipinski definition) is 5. The largest absolute Gasteiger partial charge is 0.492 e. The third kappa shape index (κ3) is 4.08. The van der Waals surface area contributed by atoms with E-state index in [1.807, 2.05) is 18.2 Å². The van der Waals surface area contributed by atoms with E-state index in [0.29, 0.717) is 24.6 Å². The van der Waals surface area contributed by atoms with Gasteiger partial charge in [0.2, 0.25) is 0 Å². The molecule has 0 heterocycles. The van der Waals surface area contributed by atoms with Gasteiger partial charge in [0.15, 0.2) is 0 Å². The molecule has 2 aromatic carbocycles. The SMILES string of the molecule is NCCOc1cccc(Nc2ccc([N+](=O)[O-])cc2Cl)c1. The Hall–Kier alpha value is -2.31. The van der Waals surface area contributed by atoms with Crippen LogP contribution >= 0.6 is 11.6 Å². The van der Waals surface area contributed by atoms with E-state index in [1.165, 1.54) is 12.1 Å². The molecule has 3 N–H and O–H groups in total. The number of nitrogens with two attached hydrogens (primary N) is 1. The van der Waals surface area contributed by atoms with Gasteiger partial charge in [0.05, 0.1) is 15.6 Å². The molecule has 0 unspecified atom stereocenters. The third-order valence-corrected chi connectivity index (χ3v) is 2.98. The molecule has 0 aliphatic rings. The van der Waals surface area contributed by atoms with Crippen molar-refractivity contribution in [2.24, 2.45) is 5.73 Å². The summed E-state index contributed by atoms with van der Waals surface area (Å²) in [6, 6.07) is 11.5. The van der Waals surface area contributed by atoms with E-state index in [9.17, 15) is 10.1 Å². The molecule has 0 fully saturated rings. The molecular formula is C14H14ClN3O3. The molecule has 6 nitrogen and oxygen atoms in total. The molecule has 21 heavy (non-hydrogen) atoms. The Bertz CT molecular complexity index is 649. The second-order valence-electron chi connectivity index (χ2n) is 4.21. The highest BCUT2D eigenvalue weighted by Crippen LogP contribution is 2.30. The van der Waals surface area contributed by atoms with Crippen molar-refractivity contribution in [3.05, 3.63) is 57.6 Å². The Morgan fingerprint density at radius 1 is 1.29 bits per heavy atom. The number of nitrogens with one attached hydrogen (secondary N) is 1. The highest BCUT2D eigenvalue weighted by Gasteiger charge is 2.09. The maximum atomic E-state index is 10.7. The first kappa shape index (κ1) is 15.1. The first-order valence-electron chi connectivity index (χ1n) is 6.24. The highest BCUT2D eigenvalue weighted by molar-refractivity contribution is 6.33. The van der Waals surface area contributed by atoms with E-state index in [1.54, 1.807) is 12.1 Å². The first-order chi connectivity index (χ1) is 10.1. The van der Waals surface area contributed by atoms with E-state index in [0.717, 1.165) is 5.69 Å². The van der Waals surface area contributed by atoms with Crippen LogP contribution in [0.3, 0.4) is 0 Å². The van der Waals surface area contributed by atoms with Gasteiger partial charge in [-0.05, 0) is 18.2 Å². The second-order valence-corrected chi connectivity index (χ2v) is 4.62. The normalized spacial score (nSPS) is 10.2. The van der Waals surface area contributed by atoms with Crippen LogP contribution in [0.5, 0.6) is 5.75 Å². The van der Waals surface area contributed by atoms with Crippen molar-refractivity contribution in [3.63, 3.8) is 0 Å². The molecule has 0 aromatic heterocycles. The van der Waals surface area contributed by atoms with Crippen molar-refractivity contribution in [1.82, 2.24) is 0 Å². The standard InChI is InChI=1S/C14H14ClN3O3/c15-13-9-11(18(19)20)4-5-14(13)17-10-2-1-3-12(8-10)21-7-6-16/h1-5,8-9,17H,6-7,16H2. The minimum absolute atomic E-state index is 0.0504. The van der Waals surface area contributed by atoms with Gasteiger partial charge in [0.25, 0.3) is 5.69 Å². The zero-order chi connectivity index (χ0) is 15.2. The molecule has 0 atom stereocenters. The van der Waals surface area contributed by atoms with Gasteiger partial charge in [-0.25, -0.2) is 0 Å². The lowest BCUT2D eigenvalue weighted by Gasteiger charge is -2.10. The van der Waals surface area contributed by atoms with Crippen LogP contribution in [0.4, 0.5) is 17.1 Å². The van der Waals surface area contributed by atoms with Crippen molar-refractivity contribution in [1.29, 1.82) is 0 Å². The minimum atomic E-state index is -0.489. The summed E-state index contributed by atoms with van der Waals surface area (Å²) >= 11 is 6.03. The van der Waals surface area contributed by atoms with Gasteiger partial charge >= 0.3 is 0 Å². The van der Waals surface area contributed by atoms with Gasteiger partial charge in [-0.3, -0.25) is 10.1 Å². The quantitative estimate of drug-likeness (QED) is 0.631. The van der Waals surface area contributed by atoms with E-state index in [4.69, 9.17) is 22.1 Å². The highest BCUT2D eigenvalue weighted by atomic mass is 35.5. The summed E-state index contributed by atoms with van der Waals surface area (Å²) in [7, 11) is 0. The number of benzene rings is 2. The Morgan fingerprint density at radius 2 is 2.10 bits per heavy atom. The summed E-state index contributed by atoms with van der Waals surface area (Å²) in [5.74, 6) is 0.684. The number of rotatable bonds is 6. The minimum Gasteiger partial charge on any atom is -0.492 e. The number of halogens is 1. The van der Waals surface area contributed by atoms with Gasteiger partial charge in [-0.15, -0.1) is 0 Å². The molecule has 0 aliphatic heterocycles. The van der Waals surface area contributed by atoms with Gasteiger partial charge < -0.3 is 15.8 Å². The van der Waals surface area contributed by atoms with Crippen LogP contribution in [0.25, 0.3) is 0 Å². The maximum Gasteiger partial charge on any atom is 0.271 e. The molecule has 0 saturated heterocycles. The fourth-order valence-corrected chi connectivity index (χ4v) is 1.94. The van der Waals surface area contributed by atoms with Crippen molar-refractivity contribution in [2.45, 2.75) is 0 Å². The number of anilines is 2. The maximum absolute atomic E-state index is 10.7. The average molecular weight is 308 g/mol. The van der Waals surface area contributed by atoms with Crippen LogP contribution in [0.1, 0.15) is 0 Å². The fourth-order valence-electron chi connectivity index (χ4n) is 1.71. The molecular weight excluding hydrogens is 294 g/mol. The number of ether oxygens (including phenoxy) is 1. The molecule has 0 saturated carbocycles. The molecule has 0 aliphatic carbocycles. The Labute approximate surface area is 126 Å². The number of nitrogens with zero attached hydrogens (tertiary/aromatic N) is 1. The van der Waals surface area contributed by atoms with Crippen LogP contribution in [0, 0.1) is 10.1 Å². The Kier molecular flexibility index (Phi) is 4.97. The summed E-state index contributed by atoms with van der Waals surface area (Å²) in [6.07, 6.45) is 0. The molecule has 2 aromatic rings. The van der Waals surface area contributed by atoms with Crippen molar-refractivity contribution >= 4 is 28.7 Å². The Morgan fingerprint density at radius 3 is 2.76 bits per heavy atom. The predicted molar refractivity (Wildman–Crippen MR) is 82.4 cm³/mol. The van der Waals surface area contributed by atoms with E-state index >= 15 is 0 Å². The molecule has 2 rings (SSSR count). The second kappa shape index (κ2) is 6.92. The monoisotopic (exact) mass is 307 g/mol. The summed E-state index contributed by atoms with van der Waals surface area (Å²) < 4.78 is 5.43. The topological polar surface area (TPSA) is 90.4 Å². The molecule has 0 radical (unpaired) electrons. The summed E-state index contributed by atoms with van der Waals surface area (Å²) in [5.41, 5.74) is 6.68. The van der Waals surface area contributed by atoms with E-state index in [-0.39, 0.29) is 10.7 Å². The lowest BCUT2D eigenvalue weighted by atomic mass is 10.2. The molecule has 0 amide bonds. The van der Waals surface area contributed by atoms with Crippen LogP contribution < -0.4 is 15.8 Å². The van der Waals surface area contributed by atoms with Crippen molar-refractivity contribution in [2.75, 3.05) is 18.5 Å². The number of hydrogen-bond donors (Lipinski definition) is 2. The first-order valence-corrected chi connectivity index (χ1v) is 6.62. The average Bonchev–Trinajstić information content (AvgIpc) is 2.47. The third-order valence-electron chi connectivity index (χ3n) is 2.66. The molecule has 7 heteroatoms. The number of non-ortho nitro benzene ring substituents is 1. The van der Waals surface area contributed by atoms with Crippen molar-refractivity contribution in [3.8, 4) is 5.75 Å². The van der Waals surface area contributed by atoms with Crippen LogP contribution in [0.15, 0.2) is 42.5 Å². The van der Waals surface area contributed by atoms with Gasteiger partial charge in [0.1, 0.15) is 12.4 Å². The summed E-state index contributed by atoms with van der Waals surface area (Å²) in [6.45, 7) is 0.869. The Balaban J connectivity index is 2.16. The van der Waals surface area contributed by atoms with Crippen molar-refractivity contribution < 1.29 is 9.66 Å². The van der Waals surface area contributed by atoms with Gasteiger partial charge in [0, 0.05) is 30.4 Å². The van der Waals surface area contributed by atoms with Crippen LogP contribution in [-0.2, 0) is 0 Å². The lowest BCUT2D eigenvalue weighted by Crippen LogP contribution is -2.10. The molecule has 0 spiro atoms. The molecule has 110 valence electrons. The van der Waals surface area contributed by atoms with Gasteiger partial charge in [-0.2, -0.15) is 0 Å². The summed E-state index contributed by atoms with van der Waals surface area (Å²) in [5, 5.41) is 14.0. The van der Waals surface area contributed by atoms with E-state index < -0.39 is 4.92 Å². The smallest absolute Gasteiger partial charge is 0.271 e. The fraction of sp³-hybridized carbons (Fsp3) is 0.143. The molecule has 0 bridgehead atoms. The lowest BCUT2D eigenvalue weighted by molar-refractivity contribution is -0.384.